The van der Waals surface area contributed by atoms with Crippen molar-refractivity contribution in [3.05, 3.63) is 23.8 Å². The van der Waals surface area contributed by atoms with Crippen LogP contribution in [0, 0.1) is 0 Å². The zero-order valence-electron chi connectivity index (χ0n) is 11.1. The summed E-state index contributed by atoms with van der Waals surface area (Å²) in [6, 6.07) is 5.94. The van der Waals surface area contributed by atoms with Crippen LogP contribution < -0.4 is 10.1 Å². The second kappa shape index (κ2) is 6.07. The highest BCUT2D eigenvalue weighted by molar-refractivity contribution is 5.39. The molecule has 2 rings (SSSR count). The number of phenolic OH excluding ortho intramolecular Hbond substituents is 1. The minimum Gasteiger partial charge on any atom is -0.508 e. The predicted octanol–water partition coefficient (Wildman–Crippen LogP) is 1.58. The Balaban J connectivity index is 1.86. The lowest BCUT2D eigenvalue weighted by molar-refractivity contribution is 0.299. The van der Waals surface area contributed by atoms with Gasteiger partial charge < -0.3 is 20.1 Å². The van der Waals surface area contributed by atoms with Crippen LogP contribution >= 0.6 is 0 Å². The standard InChI is InChI=1S/C14H22N2O2/c1-16-7-3-4-12(16)10-15-9-11-8-13(18-2)5-6-14(11)17/h5-6,8,12,15,17H,3-4,7,9-10H2,1-2H3. The van der Waals surface area contributed by atoms with E-state index in [1.165, 1.54) is 19.4 Å². The minimum atomic E-state index is 0.322. The quantitative estimate of drug-likeness (QED) is 0.833. The lowest BCUT2D eigenvalue weighted by Gasteiger charge is -2.20. The lowest BCUT2D eigenvalue weighted by atomic mass is 10.1. The number of ether oxygens (including phenoxy) is 1. The van der Waals surface area contributed by atoms with Gasteiger partial charge in [-0.25, -0.2) is 0 Å². The van der Waals surface area contributed by atoms with E-state index in [9.17, 15) is 5.11 Å². The molecular weight excluding hydrogens is 228 g/mol. The summed E-state index contributed by atoms with van der Waals surface area (Å²) in [5.41, 5.74) is 0.884. The fraction of sp³-hybridized carbons (Fsp3) is 0.571. The Kier molecular flexibility index (Phi) is 4.44. The lowest BCUT2D eigenvalue weighted by Crippen LogP contribution is -2.35. The Morgan fingerprint density at radius 2 is 2.33 bits per heavy atom. The van der Waals surface area contributed by atoms with Crippen LogP contribution in [-0.2, 0) is 6.54 Å². The molecule has 1 heterocycles. The number of likely N-dealkylation sites (N-methyl/N-ethyl adjacent to an activating group) is 1. The molecule has 1 fully saturated rings. The normalized spacial score (nSPS) is 20.2. The second-order valence-electron chi connectivity index (χ2n) is 4.90. The number of likely N-dealkylation sites (tertiary alicyclic amines) is 1. The Hall–Kier alpha value is -1.26. The molecule has 2 N–H and O–H groups in total. The number of nitrogens with one attached hydrogen (secondary N) is 1. The van der Waals surface area contributed by atoms with Gasteiger partial charge in [-0.2, -0.15) is 0 Å². The van der Waals surface area contributed by atoms with Crippen LogP contribution in [0.25, 0.3) is 0 Å². The van der Waals surface area contributed by atoms with Crippen molar-refractivity contribution in [2.24, 2.45) is 0 Å². The van der Waals surface area contributed by atoms with Crippen LogP contribution in [0.3, 0.4) is 0 Å². The molecule has 0 aliphatic carbocycles. The number of phenols is 1. The minimum absolute atomic E-state index is 0.322. The van der Waals surface area contributed by atoms with E-state index in [4.69, 9.17) is 4.74 Å². The molecule has 0 aromatic heterocycles. The van der Waals surface area contributed by atoms with Crippen molar-refractivity contribution < 1.29 is 9.84 Å². The first-order valence-electron chi connectivity index (χ1n) is 6.47. The van der Waals surface area contributed by atoms with Gasteiger partial charge in [0.05, 0.1) is 7.11 Å². The van der Waals surface area contributed by atoms with E-state index in [1.807, 2.05) is 6.07 Å². The van der Waals surface area contributed by atoms with Gasteiger partial charge in [0.25, 0.3) is 0 Å². The average molecular weight is 250 g/mol. The van der Waals surface area contributed by atoms with Crippen LogP contribution in [0.5, 0.6) is 11.5 Å². The van der Waals surface area contributed by atoms with Crippen molar-refractivity contribution in [1.82, 2.24) is 10.2 Å². The third kappa shape index (κ3) is 3.15. The maximum atomic E-state index is 9.77. The monoisotopic (exact) mass is 250 g/mol. The summed E-state index contributed by atoms with van der Waals surface area (Å²) >= 11 is 0. The molecule has 1 unspecified atom stereocenters. The molecule has 0 radical (unpaired) electrons. The summed E-state index contributed by atoms with van der Waals surface area (Å²) in [5, 5.41) is 13.2. The summed E-state index contributed by atoms with van der Waals surface area (Å²) in [7, 11) is 3.81. The average Bonchev–Trinajstić information content (AvgIpc) is 2.77. The highest BCUT2D eigenvalue weighted by Crippen LogP contribution is 2.22. The summed E-state index contributed by atoms with van der Waals surface area (Å²) in [6.45, 7) is 2.83. The number of aromatic hydroxyl groups is 1. The fourth-order valence-electron chi connectivity index (χ4n) is 2.44. The van der Waals surface area contributed by atoms with Crippen molar-refractivity contribution >= 4 is 0 Å². The van der Waals surface area contributed by atoms with Gasteiger partial charge in [0, 0.05) is 24.7 Å². The molecule has 1 saturated heterocycles. The highest BCUT2D eigenvalue weighted by atomic mass is 16.5. The SMILES string of the molecule is COc1ccc(O)c(CNCC2CCCN2C)c1. The Bertz CT molecular complexity index is 395. The Morgan fingerprint density at radius 1 is 1.50 bits per heavy atom. The molecule has 1 aliphatic heterocycles. The summed E-state index contributed by atoms with van der Waals surface area (Å²) in [6.07, 6.45) is 2.54. The van der Waals surface area contributed by atoms with E-state index < -0.39 is 0 Å². The number of methoxy groups -OCH3 is 1. The highest BCUT2D eigenvalue weighted by Gasteiger charge is 2.19. The number of rotatable bonds is 5. The molecule has 1 aromatic rings. The number of hydrogen-bond donors (Lipinski definition) is 2. The van der Waals surface area contributed by atoms with Gasteiger partial charge in [-0.05, 0) is 44.6 Å². The molecule has 100 valence electrons. The third-order valence-corrected chi connectivity index (χ3v) is 3.65. The number of nitrogens with zero attached hydrogens (tertiary/aromatic N) is 1. The first kappa shape index (κ1) is 13.2. The van der Waals surface area contributed by atoms with E-state index in [1.54, 1.807) is 19.2 Å². The zero-order chi connectivity index (χ0) is 13.0. The topological polar surface area (TPSA) is 44.7 Å². The molecule has 0 saturated carbocycles. The van der Waals surface area contributed by atoms with E-state index in [0.29, 0.717) is 18.3 Å². The molecule has 0 amide bonds. The molecular formula is C14H22N2O2. The Labute approximate surface area is 109 Å². The molecule has 1 atom stereocenters. The third-order valence-electron chi connectivity index (χ3n) is 3.65. The van der Waals surface area contributed by atoms with E-state index in [2.05, 4.69) is 17.3 Å². The van der Waals surface area contributed by atoms with Gasteiger partial charge >= 0.3 is 0 Å². The Morgan fingerprint density at radius 3 is 3.00 bits per heavy atom. The van der Waals surface area contributed by atoms with Crippen molar-refractivity contribution in [3.63, 3.8) is 0 Å². The fourth-order valence-corrected chi connectivity index (χ4v) is 2.44. The summed E-state index contributed by atoms with van der Waals surface area (Å²) in [4.78, 5) is 2.39. The molecule has 4 heteroatoms. The molecule has 0 spiro atoms. The molecule has 1 aliphatic rings. The van der Waals surface area contributed by atoms with E-state index in [-0.39, 0.29) is 0 Å². The molecule has 1 aromatic carbocycles. The van der Waals surface area contributed by atoms with Crippen LogP contribution in [0.1, 0.15) is 18.4 Å². The second-order valence-corrected chi connectivity index (χ2v) is 4.90. The van der Waals surface area contributed by atoms with E-state index >= 15 is 0 Å². The first-order chi connectivity index (χ1) is 8.70. The zero-order valence-corrected chi connectivity index (χ0v) is 11.1. The summed E-state index contributed by atoms with van der Waals surface area (Å²) in [5.74, 6) is 1.10. The van der Waals surface area contributed by atoms with Gasteiger partial charge in [-0.3, -0.25) is 0 Å². The number of hydrogen-bond acceptors (Lipinski definition) is 4. The molecule has 18 heavy (non-hydrogen) atoms. The van der Waals surface area contributed by atoms with Gasteiger partial charge in [-0.1, -0.05) is 0 Å². The van der Waals surface area contributed by atoms with Crippen LogP contribution in [0.2, 0.25) is 0 Å². The van der Waals surface area contributed by atoms with Crippen molar-refractivity contribution in [3.8, 4) is 11.5 Å². The van der Waals surface area contributed by atoms with Gasteiger partial charge in [-0.15, -0.1) is 0 Å². The van der Waals surface area contributed by atoms with Gasteiger partial charge in [0.2, 0.25) is 0 Å². The number of benzene rings is 1. The maximum absolute atomic E-state index is 9.77. The van der Waals surface area contributed by atoms with Crippen LogP contribution in [-0.4, -0.2) is 43.3 Å². The van der Waals surface area contributed by atoms with Crippen LogP contribution in [0.15, 0.2) is 18.2 Å². The first-order valence-corrected chi connectivity index (χ1v) is 6.47. The molecule has 0 bridgehead atoms. The predicted molar refractivity (Wildman–Crippen MR) is 72.0 cm³/mol. The van der Waals surface area contributed by atoms with Gasteiger partial charge in [0.1, 0.15) is 11.5 Å². The smallest absolute Gasteiger partial charge is 0.120 e. The van der Waals surface area contributed by atoms with Crippen molar-refractivity contribution in [2.75, 3.05) is 27.2 Å². The van der Waals surface area contributed by atoms with Crippen LogP contribution in [0.4, 0.5) is 0 Å². The van der Waals surface area contributed by atoms with Crippen molar-refractivity contribution in [1.29, 1.82) is 0 Å². The largest absolute Gasteiger partial charge is 0.508 e. The van der Waals surface area contributed by atoms with Crippen molar-refractivity contribution in [2.45, 2.75) is 25.4 Å². The van der Waals surface area contributed by atoms with E-state index in [0.717, 1.165) is 17.9 Å². The molecule has 4 nitrogen and oxygen atoms in total. The van der Waals surface area contributed by atoms with Gasteiger partial charge in [0.15, 0.2) is 0 Å². The summed E-state index contributed by atoms with van der Waals surface area (Å²) < 4.78 is 5.16. The maximum Gasteiger partial charge on any atom is 0.120 e.